The largest absolute Gasteiger partial charge is 0.339 e. The third-order valence-electron chi connectivity index (χ3n) is 3.25. The lowest BCUT2D eigenvalue weighted by molar-refractivity contribution is 0.0793. The molecule has 4 heteroatoms. The fraction of sp³-hybridized carbons (Fsp3) is 0.286. The van der Waals surface area contributed by atoms with Crippen LogP contribution in [0.4, 0.5) is 0 Å². The quantitative estimate of drug-likeness (QED) is 0.829. The lowest BCUT2D eigenvalue weighted by Gasteiger charge is -2.15. The van der Waals surface area contributed by atoms with Crippen molar-refractivity contribution in [3.63, 3.8) is 0 Å². The Labute approximate surface area is 110 Å². The summed E-state index contributed by atoms with van der Waals surface area (Å²) in [6.45, 7) is 1.79. The summed E-state index contributed by atoms with van der Waals surface area (Å²) in [4.78, 5) is 18.3. The number of carbonyl (C=O) groups is 1. The summed E-state index contributed by atoms with van der Waals surface area (Å²) in [6, 6.07) is 7.74. The molecule has 1 saturated heterocycles. The Balaban J connectivity index is 1.80. The second kappa shape index (κ2) is 4.90. The van der Waals surface area contributed by atoms with Gasteiger partial charge in [-0.25, -0.2) is 4.98 Å². The van der Waals surface area contributed by atoms with Crippen molar-refractivity contribution in [2.75, 3.05) is 13.1 Å². The van der Waals surface area contributed by atoms with Crippen molar-refractivity contribution in [1.29, 1.82) is 0 Å². The lowest BCUT2D eigenvalue weighted by Crippen LogP contribution is -2.27. The van der Waals surface area contributed by atoms with Gasteiger partial charge >= 0.3 is 0 Å². The molecule has 0 N–H and O–H groups in total. The third-order valence-corrected chi connectivity index (χ3v) is 3.84. The lowest BCUT2D eigenvalue weighted by atomic mass is 10.1. The van der Waals surface area contributed by atoms with Crippen LogP contribution >= 0.6 is 11.3 Å². The SMILES string of the molecule is O=C(c1ccc(-c2cscn2)cc1)N1CCCC1. The van der Waals surface area contributed by atoms with E-state index in [0.717, 1.165) is 42.8 Å². The summed E-state index contributed by atoms with van der Waals surface area (Å²) in [7, 11) is 0. The molecule has 1 amide bonds. The Bertz CT molecular complexity index is 527. The van der Waals surface area contributed by atoms with Crippen molar-refractivity contribution in [3.8, 4) is 11.3 Å². The second-order valence-corrected chi connectivity index (χ2v) is 5.17. The number of hydrogen-bond donors (Lipinski definition) is 0. The predicted molar refractivity (Wildman–Crippen MR) is 72.7 cm³/mol. The first-order valence-corrected chi connectivity index (χ1v) is 7.07. The first-order chi connectivity index (χ1) is 8.84. The minimum Gasteiger partial charge on any atom is -0.339 e. The van der Waals surface area contributed by atoms with Crippen molar-refractivity contribution >= 4 is 17.2 Å². The van der Waals surface area contributed by atoms with E-state index >= 15 is 0 Å². The second-order valence-electron chi connectivity index (χ2n) is 4.45. The maximum absolute atomic E-state index is 12.2. The first-order valence-electron chi connectivity index (χ1n) is 6.12. The molecule has 1 aromatic heterocycles. The zero-order chi connectivity index (χ0) is 12.4. The van der Waals surface area contributed by atoms with E-state index in [1.54, 1.807) is 11.3 Å². The number of likely N-dealkylation sites (tertiary alicyclic amines) is 1. The van der Waals surface area contributed by atoms with Crippen LogP contribution in [0.25, 0.3) is 11.3 Å². The van der Waals surface area contributed by atoms with Gasteiger partial charge in [0.25, 0.3) is 5.91 Å². The van der Waals surface area contributed by atoms with Gasteiger partial charge in [0.1, 0.15) is 0 Å². The number of benzene rings is 1. The number of nitrogens with zero attached hydrogens (tertiary/aromatic N) is 2. The van der Waals surface area contributed by atoms with Gasteiger partial charge in [0.05, 0.1) is 11.2 Å². The molecule has 18 heavy (non-hydrogen) atoms. The summed E-state index contributed by atoms with van der Waals surface area (Å²) >= 11 is 1.58. The van der Waals surface area contributed by atoms with Gasteiger partial charge in [-0.3, -0.25) is 4.79 Å². The summed E-state index contributed by atoms with van der Waals surface area (Å²) in [5.74, 6) is 0.150. The van der Waals surface area contributed by atoms with Gasteiger partial charge in [0.15, 0.2) is 0 Å². The molecule has 0 saturated carbocycles. The van der Waals surface area contributed by atoms with E-state index in [1.807, 2.05) is 40.1 Å². The Morgan fingerprint density at radius 3 is 2.50 bits per heavy atom. The number of carbonyl (C=O) groups excluding carboxylic acids is 1. The highest BCUT2D eigenvalue weighted by atomic mass is 32.1. The van der Waals surface area contributed by atoms with Gasteiger partial charge in [-0.2, -0.15) is 0 Å². The third kappa shape index (κ3) is 2.16. The summed E-state index contributed by atoms with van der Waals surface area (Å²) in [5.41, 5.74) is 4.63. The molecule has 2 heterocycles. The molecule has 1 aliphatic rings. The van der Waals surface area contributed by atoms with E-state index in [0.29, 0.717) is 0 Å². The van der Waals surface area contributed by atoms with Gasteiger partial charge in [-0.15, -0.1) is 11.3 Å². The van der Waals surface area contributed by atoms with Crippen LogP contribution in [0.1, 0.15) is 23.2 Å². The minimum absolute atomic E-state index is 0.150. The monoisotopic (exact) mass is 258 g/mol. The highest BCUT2D eigenvalue weighted by molar-refractivity contribution is 7.07. The predicted octanol–water partition coefficient (Wildman–Crippen LogP) is 3.05. The smallest absolute Gasteiger partial charge is 0.253 e. The van der Waals surface area contributed by atoms with E-state index in [9.17, 15) is 4.79 Å². The van der Waals surface area contributed by atoms with E-state index < -0.39 is 0 Å². The van der Waals surface area contributed by atoms with Gasteiger partial charge in [0, 0.05) is 29.6 Å². The van der Waals surface area contributed by atoms with Gasteiger partial charge in [-0.1, -0.05) is 12.1 Å². The molecule has 0 spiro atoms. The van der Waals surface area contributed by atoms with Crippen molar-refractivity contribution in [2.45, 2.75) is 12.8 Å². The zero-order valence-corrected chi connectivity index (χ0v) is 10.8. The van der Waals surface area contributed by atoms with Crippen LogP contribution in [-0.4, -0.2) is 28.9 Å². The molecule has 0 aliphatic carbocycles. The van der Waals surface area contributed by atoms with E-state index in [2.05, 4.69) is 4.98 Å². The van der Waals surface area contributed by atoms with Crippen LogP contribution in [0.15, 0.2) is 35.2 Å². The molecule has 0 unspecified atom stereocenters. The maximum atomic E-state index is 12.2. The Kier molecular flexibility index (Phi) is 3.11. The van der Waals surface area contributed by atoms with Gasteiger partial charge < -0.3 is 4.90 Å². The summed E-state index contributed by atoms with van der Waals surface area (Å²) < 4.78 is 0. The number of aromatic nitrogens is 1. The van der Waals surface area contributed by atoms with E-state index in [4.69, 9.17) is 0 Å². The number of amides is 1. The van der Waals surface area contributed by atoms with E-state index in [1.165, 1.54) is 0 Å². The number of rotatable bonds is 2. The Morgan fingerprint density at radius 2 is 1.89 bits per heavy atom. The fourth-order valence-corrected chi connectivity index (χ4v) is 2.80. The highest BCUT2D eigenvalue weighted by Crippen LogP contribution is 2.20. The van der Waals surface area contributed by atoms with Gasteiger partial charge in [-0.05, 0) is 25.0 Å². The topological polar surface area (TPSA) is 33.2 Å². The van der Waals surface area contributed by atoms with E-state index in [-0.39, 0.29) is 5.91 Å². The normalized spacial score (nSPS) is 15.0. The molecule has 3 nitrogen and oxygen atoms in total. The van der Waals surface area contributed by atoms with Crippen molar-refractivity contribution < 1.29 is 4.79 Å². The molecule has 1 aliphatic heterocycles. The summed E-state index contributed by atoms with van der Waals surface area (Å²) in [6.07, 6.45) is 2.26. The Hall–Kier alpha value is -1.68. The van der Waals surface area contributed by atoms with Crippen molar-refractivity contribution in [3.05, 3.63) is 40.7 Å². The molecule has 0 bridgehead atoms. The van der Waals surface area contributed by atoms with Crippen LogP contribution < -0.4 is 0 Å². The molecule has 1 aromatic carbocycles. The molecule has 0 atom stereocenters. The van der Waals surface area contributed by atoms with Gasteiger partial charge in [0.2, 0.25) is 0 Å². The maximum Gasteiger partial charge on any atom is 0.253 e. The zero-order valence-electron chi connectivity index (χ0n) is 10.0. The Morgan fingerprint density at radius 1 is 1.17 bits per heavy atom. The molecular formula is C14H14N2OS. The van der Waals surface area contributed by atoms with Crippen LogP contribution in [-0.2, 0) is 0 Å². The standard InChI is InChI=1S/C14H14N2OS/c17-14(16-7-1-2-8-16)12-5-3-11(4-6-12)13-9-18-10-15-13/h3-6,9-10H,1-2,7-8H2. The van der Waals surface area contributed by atoms with Crippen LogP contribution in [0.5, 0.6) is 0 Å². The average molecular weight is 258 g/mol. The highest BCUT2D eigenvalue weighted by Gasteiger charge is 2.19. The minimum atomic E-state index is 0.150. The average Bonchev–Trinajstić information content (AvgIpc) is 3.11. The molecule has 1 fully saturated rings. The van der Waals surface area contributed by atoms with Crippen LogP contribution in [0.3, 0.4) is 0 Å². The molecule has 2 aromatic rings. The molecular weight excluding hydrogens is 244 g/mol. The van der Waals surface area contributed by atoms with Crippen molar-refractivity contribution in [2.24, 2.45) is 0 Å². The molecule has 92 valence electrons. The molecule has 3 rings (SSSR count). The number of thiazole rings is 1. The first kappa shape index (κ1) is 11.4. The summed E-state index contributed by atoms with van der Waals surface area (Å²) in [5, 5.41) is 2.01. The molecule has 0 radical (unpaired) electrons. The fourth-order valence-electron chi connectivity index (χ4n) is 2.24. The van der Waals surface area contributed by atoms with Crippen LogP contribution in [0, 0.1) is 0 Å². The number of hydrogen-bond acceptors (Lipinski definition) is 3. The van der Waals surface area contributed by atoms with Crippen LogP contribution in [0.2, 0.25) is 0 Å². The van der Waals surface area contributed by atoms with Crippen molar-refractivity contribution in [1.82, 2.24) is 9.88 Å².